The SMILES string of the molecule is COc1ccc(OC)c(NC(=O)c2cc(=O)n3c(nc4cc(C)c(C)cc43)s2)c1. The Kier molecular flexibility index (Phi) is 4.71. The van der Waals surface area contributed by atoms with Crippen molar-refractivity contribution in [1.82, 2.24) is 9.38 Å². The number of hydrogen-bond acceptors (Lipinski definition) is 6. The molecule has 0 fully saturated rings. The molecule has 0 unspecified atom stereocenters. The van der Waals surface area contributed by atoms with E-state index in [0.29, 0.717) is 22.1 Å². The molecule has 0 bridgehead atoms. The molecule has 0 saturated carbocycles. The van der Waals surface area contributed by atoms with Gasteiger partial charge in [0.1, 0.15) is 16.4 Å². The van der Waals surface area contributed by atoms with E-state index in [1.165, 1.54) is 17.6 Å². The Labute approximate surface area is 170 Å². The maximum absolute atomic E-state index is 12.8. The zero-order valence-electron chi connectivity index (χ0n) is 16.4. The van der Waals surface area contributed by atoms with Gasteiger partial charge >= 0.3 is 0 Å². The minimum atomic E-state index is -0.416. The molecule has 1 amide bonds. The number of benzene rings is 2. The minimum Gasteiger partial charge on any atom is -0.497 e. The van der Waals surface area contributed by atoms with Gasteiger partial charge in [-0.15, -0.1) is 0 Å². The average molecular weight is 409 g/mol. The molecule has 29 heavy (non-hydrogen) atoms. The summed E-state index contributed by atoms with van der Waals surface area (Å²) < 4.78 is 12.0. The maximum atomic E-state index is 12.8. The summed E-state index contributed by atoms with van der Waals surface area (Å²) in [6.45, 7) is 3.99. The highest BCUT2D eigenvalue weighted by molar-refractivity contribution is 7.18. The molecular weight excluding hydrogens is 390 g/mol. The summed E-state index contributed by atoms with van der Waals surface area (Å²) >= 11 is 1.16. The van der Waals surface area contributed by atoms with Crippen LogP contribution in [0.3, 0.4) is 0 Å². The Hall–Kier alpha value is -3.39. The number of ether oxygens (including phenoxy) is 2. The molecule has 2 aromatic heterocycles. The van der Waals surface area contributed by atoms with E-state index in [1.807, 2.05) is 26.0 Å². The molecule has 0 aliphatic rings. The summed E-state index contributed by atoms with van der Waals surface area (Å²) in [4.78, 5) is 30.9. The molecule has 2 aromatic carbocycles. The lowest BCUT2D eigenvalue weighted by atomic mass is 10.1. The number of carbonyl (C=O) groups is 1. The van der Waals surface area contributed by atoms with Crippen LogP contribution in [0.25, 0.3) is 16.0 Å². The lowest BCUT2D eigenvalue weighted by Gasteiger charge is -2.11. The molecule has 0 spiro atoms. The summed E-state index contributed by atoms with van der Waals surface area (Å²) in [6, 6.07) is 10.3. The first kappa shape index (κ1) is 18.9. The van der Waals surface area contributed by atoms with Crippen LogP contribution in [0.1, 0.15) is 20.8 Å². The van der Waals surface area contributed by atoms with Gasteiger partial charge in [0.2, 0.25) is 0 Å². The summed E-state index contributed by atoms with van der Waals surface area (Å²) in [7, 11) is 3.06. The predicted molar refractivity (Wildman–Crippen MR) is 114 cm³/mol. The summed E-state index contributed by atoms with van der Waals surface area (Å²) in [5.41, 5.74) is 3.81. The number of imidazole rings is 1. The van der Waals surface area contributed by atoms with Crippen LogP contribution in [0, 0.1) is 13.8 Å². The fraction of sp³-hybridized carbons (Fsp3) is 0.190. The van der Waals surface area contributed by atoms with E-state index in [0.717, 1.165) is 33.5 Å². The van der Waals surface area contributed by atoms with Crippen LogP contribution in [-0.4, -0.2) is 29.5 Å². The molecule has 0 radical (unpaired) electrons. The van der Waals surface area contributed by atoms with Crippen molar-refractivity contribution in [3.8, 4) is 11.5 Å². The predicted octanol–water partition coefficient (Wildman–Crippen LogP) is 3.80. The number of anilines is 1. The number of methoxy groups -OCH3 is 2. The zero-order chi connectivity index (χ0) is 20.7. The van der Waals surface area contributed by atoms with Crippen LogP contribution >= 0.6 is 11.3 Å². The molecule has 4 rings (SSSR count). The fourth-order valence-corrected chi connectivity index (χ4v) is 4.03. The number of nitrogens with zero attached hydrogens (tertiary/aromatic N) is 2. The first-order valence-corrected chi connectivity index (χ1v) is 9.70. The quantitative estimate of drug-likeness (QED) is 0.554. The molecule has 0 saturated heterocycles. The monoisotopic (exact) mass is 409 g/mol. The lowest BCUT2D eigenvalue weighted by Crippen LogP contribution is -2.17. The minimum absolute atomic E-state index is 0.260. The molecule has 0 atom stereocenters. The van der Waals surface area contributed by atoms with E-state index in [2.05, 4.69) is 10.3 Å². The Bertz CT molecular complexity index is 1320. The molecule has 8 heteroatoms. The molecule has 148 valence electrons. The normalized spacial score (nSPS) is 11.0. The van der Waals surface area contributed by atoms with E-state index < -0.39 is 5.91 Å². The van der Waals surface area contributed by atoms with Crippen molar-refractivity contribution in [2.24, 2.45) is 0 Å². The lowest BCUT2D eigenvalue weighted by molar-refractivity contribution is 0.103. The van der Waals surface area contributed by atoms with Gasteiger partial charge in [-0.25, -0.2) is 4.98 Å². The number of rotatable bonds is 4. The van der Waals surface area contributed by atoms with Crippen LogP contribution in [0.15, 0.2) is 41.2 Å². The van der Waals surface area contributed by atoms with E-state index >= 15 is 0 Å². The highest BCUT2D eigenvalue weighted by atomic mass is 32.1. The average Bonchev–Trinajstić information content (AvgIpc) is 3.05. The molecule has 0 aliphatic heterocycles. The van der Waals surface area contributed by atoms with Gasteiger partial charge in [-0.1, -0.05) is 11.3 Å². The number of aromatic nitrogens is 2. The first-order valence-electron chi connectivity index (χ1n) is 8.88. The second kappa shape index (κ2) is 7.21. The van der Waals surface area contributed by atoms with Crippen LogP contribution in [-0.2, 0) is 0 Å². The largest absolute Gasteiger partial charge is 0.497 e. The van der Waals surface area contributed by atoms with Crippen molar-refractivity contribution in [1.29, 1.82) is 0 Å². The smallest absolute Gasteiger partial charge is 0.266 e. The van der Waals surface area contributed by atoms with Crippen molar-refractivity contribution in [2.45, 2.75) is 13.8 Å². The molecule has 1 N–H and O–H groups in total. The number of nitrogens with one attached hydrogen (secondary N) is 1. The van der Waals surface area contributed by atoms with Gasteiger partial charge in [0.05, 0.1) is 30.9 Å². The third kappa shape index (κ3) is 3.31. The van der Waals surface area contributed by atoms with Gasteiger partial charge in [-0.2, -0.15) is 0 Å². The Morgan fingerprint density at radius 2 is 1.83 bits per heavy atom. The standard InChI is InChI=1S/C21H19N3O4S/c1-11-7-14-16(8-12(11)2)24-19(25)10-18(29-21(24)23-14)20(26)22-15-9-13(27-3)5-6-17(15)28-4/h5-10H,1-4H3,(H,22,26). The molecule has 2 heterocycles. The van der Waals surface area contributed by atoms with Gasteiger partial charge in [0.25, 0.3) is 11.5 Å². The van der Waals surface area contributed by atoms with Gasteiger partial charge in [-0.05, 0) is 49.2 Å². The second-order valence-electron chi connectivity index (χ2n) is 6.62. The fourth-order valence-electron chi connectivity index (χ4n) is 3.10. The summed E-state index contributed by atoms with van der Waals surface area (Å²) in [5, 5.41) is 2.79. The highest BCUT2D eigenvalue weighted by Crippen LogP contribution is 2.30. The van der Waals surface area contributed by atoms with Gasteiger partial charge < -0.3 is 14.8 Å². The van der Waals surface area contributed by atoms with Crippen LogP contribution in [0.5, 0.6) is 11.5 Å². The maximum Gasteiger partial charge on any atom is 0.266 e. The summed E-state index contributed by atoms with van der Waals surface area (Å²) in [6.07, 6.45) is 0. The van der Waals surface area contributed by atoms with E-state index in [-0.39, 0.29) is 10.4 Å². The number of aryl methyl sites for hydroxylation is 2. The van der Waals surface area contributed by atoms with E-state index in [4.69, 9.17) is 9.47 Å². The molecule has 0 aliphatic carbocycles. The van der Waals surface area contributed by atoms with Gasteiger partial charge in [0, 0.05) is 12.1 Å². The van der Waals surface area contributed by atoms with E-state index in [9.17, 15) is 9.59 Å². The first-order chi connectivity index (χ1) is 13.9. The number of fused-ring (bicyclic) bond motifs is 3. The molecule has 7 nitrogen and oxygen atoms in total. The van der Waals surface area contributed by atoms with Crippen LogP contribution in [0.4, 0.5) is 5.69 Å². The van der Waals surface area contributed by atoms with Crippen molar-refractivity contribution in [2.75, 3.05) is 19.5 Å². The Morgan fingerprint density at radius 3 is 2.55 bits per heavy atom. The third-order valence-electron chi connectivity index (χ3n) is 4.79. The van der Waals surface area contributed by atoms with Gasteiger partial charge in [-0.3, -0.25) is 14.0 Å². The number of amides is 1. The third-order valence-corrected chi connectivity index (χ3v) is 5.77. The van der Waals surface area contributed by atoms with E-state index in [1.54, 1.807) is 25.3 Å². The van der Waals surface area contributed by atoms with Crippen molar-refractivity contribution < 1.29 is 14.3 Å². The van der Waals surface area contributed by atoms with Crippen molar-refractivity contribution in [3.05, 3.63) is 62.8 Å². The summed E-state index contributed by atoms with van der Waals surface area (Å²) in [5.74, 6) is 0.653. The number of carbonyl (C=O) groups excluding carboxylic acids is 1. The van der Waals surface area contributed by atoms with Gasteiger partial charge in [0.15, 0.2) is 4.96 Å². The molecule has 4 aromatic rings. The Balaban J connectivity index is 1.78. The number of hydrogen-bond donors (Lipinski definition) is 1. The second-order valence-corrected chi connectivity index (χ2v) is 7.63. The van der Waals surface area contributed by atoms with Crippen LogP contribution in [0.2, 0.25) is 0 Å². The highest BCUT2D eigenvalue weighted by Gasteiger charge is 2.16. The zero-order valence-corrected chi connectivity index (χ0v) is 17.2. The topological polar surface area (TPSA) is 81.9 Å². The molecular formula is C21H19N3O4S. The Morgan fingerprint density at radius 1 is 1.07 bits per heavy atom. The van der Waals surface area contributed by atoms with Crippen molar-refractivity contribution in [3.63, 3.8) is 0 Å². The van der Waals surface area contributed by atoms with Crippen molar-refractivity contribution >= 4 is 38.9 Å². The van der Waals surface area contributed by atoms with Crippen LogP contribution < -0.4 is 20.3 Å².